The van der Waals surface area contributed by atoms with Crippen molar-refractivity contribution in [1.29, 1.82) is 0 Å². The summed E-state index contributed by atoms with van der Waals surface area (Å²) in [5.74, 6) is 2.13. The van der Waals surface area contributed by atoms with Crippen LogP contribution in [0.3, 0.4) is 0 Å². The van der Waals surface area contributed by atoms with Crippen LogP contribution in [-0.2, 0) is 6.54 Å². The molecule has 3 atom stereocenters. The number of carbonyl (C=O) groups is 1. The highest BCUT2D eigenvalue weighted by atomic mass is 127. The van der Waals surface area contributed by atoms with Gasteiger partial charge in [-0.2, -0.15) is 0 Å². The number of fused-ring (bicyclic) bond motifs is 2. The van der Waals surface area contributed by atoms with Crippen LogP contribution >= 0.6 is 22.6 Å². The van der Waals surface area contributed by atoms with Crippen molar-refractivity contribution in [3.05, 3.63) is 166 Å². The van der Waals surface area contributed by atoms with Gasteiger partial charge in [0.1, 0.15) is 26.7 Å². The molecule has 0 saturated carbocycles. The Morgan fingerprint density at radius 3 is 2.00 bits per heavy atom. The monoisotopic (exact) mass is 1070 g/mol. The van der Waals surface area contributed by atoms with Crippen molar-refractivity contribution in [2.75, 3.05) is 4.90 Å². The van der Waals surface area contributed by atoms with Gasteiger partial charge in [0.05, 0.1) is 35.3 Å². The van der Waals surface area contributed by atoms with Gasteiger partial charge in [-0.15, -0.1) is 5.10 Å². The smallest absolute Gasteiger partial charge is 0.420 e. The lowest BCUT2D eigenvalue weighted by atomic mass is 9.77. The van der Waals surface area contributed by atoms with Crippen molar-refractivity contribution in [3.63, 3.8) is 0 Å². The van der Waals surface area contributed by atoms with Crippen LogP contribution in [0, 0.1) is 26.3 Å². The van der Waals surface area contributed by atoms with E-state index in [1.165, 1.54) is 34.0 Å². The van der Waals surface area contributed by atoms with Crippen molar-refractivity contribution in [2.45, 2.75) is 100 Å². The molecule has 0 saturated heterocycles. The predicted octanol–water partition coefficient (Wildman–Crippen LogP) is 15.0. The Balaban J connectivity index is 0.000000161. The Labute approximate surface area is 430 Å². The lowest BCUT2D eigenvalue weighted by Gasteiger charge is -2.30. The first-order valence-electron chi connectivity index (χ1n) is 23.9. The van der Waals surface area contributed by atoms with E-state index < -0.39 is 17.7 Å². The second-order valence-electron chi connectivity index (χ2n) is 20.7. The van der Waals surface area contributed by atoms with Gasteiger partial charge < -0.3 is 14.9 Å². The molecule has 2 N–H and O–H groups in total. The SMILES string of the molecule is CC(C)C(C)c1nc(I)cc(-c2ccccc2)n1.CC(c1ccc(N2Cc3ccc(O)cc3OC2=O)cc1)C(C)(C)C.CC(c1ccc2nc(-c3cn(-c4ccc(O)c(F)c4)nn3)ccc2c1)C(C)(C)C. The molecular weight excluding hydrogens is 1000 g/mol. The number of nitrogens with zero attached hydrogens (tertiary/aromatic N) is 7. The van der Waals surface area contributed by atoms with E-state index in [1.807, 2.05) is 54.6 Å². The molecule has 368 valence electrons. The minimum atomic E-state index is -0.705. The summed E-state index contributed by atoms with van der Waals surface area (Å²) in [6.45, 7) is 24.9. The number of carbonyl (C=O) groups excluding carboxylic acids is 1. The maximum absolute atomic E-state index is 13.6. The average molecular weight is 1070 g/mol. The first-order valence-corrected chi connectivity index (χ1v) is 25.0. The topological polar surface area (TPSA) is 139 Å². The van der Waals surface area contributed by atoms with Gasteiger partial charge in [0.2, 0.25) is 0 Å². The maximum Gasteiger partial charge on any atom is 0.420 e. The molecule has 1 aliphatic heterocycles. The van der Waals surface area contributed by atoms with Crippen molar-refractivity contribution < 1.29 is 24.1 Å². The van der Waals surface area contributed by atoms with E-state index in [1.54, 1.807) is 29.3 Å². The molecule has 0 aliphatic carbocycles. The van der Waals surface area contributed by atoms with Crippen LogP contribution in [0.1, 0.15) is 116 Å². The number of amides is 1. The number of rotatable bonds is 8. The van der Waals surface area contributed by atoms with Gasteiger partial charge in [-0.05, 0) is 123 Å². The number of aromatic nitrogens is 6. The maximum atomic E-state index is 13.6. The molecule has 8 aromatic rings. The van der Waals surface area contributed by atoms with Gasteiger partial charge in [0.15, 0.2) is 11.6 Å². The summed E-state index contributed by atoms with van der Waals surface area (Å²) in [4.78, 5) is 27.9. The number of phenols is 2. The summed E-state index contributed by atoms with van der Waals surface area (Å²) in [6, 6.07) is 39.6. The van der Waals surface area contributed by atoms with Crippen LogP contribution in [0.2, 0.25) is 0 Å². The first kappa shape index (κ1) is 52.1. The summed E-state index contributed by atoms with van der Waals surface area (Å²) in [5.41, 5.74) is 9.41. The quantitative estimate of drug-likeness (QED) is 0.112. The zero-order valence-corrected chi connectivity index (χ0v) is 44.5. The van der Waals surface area contributed by atoms with Crippen LogP contribution in [0.5, 0.6) is 17.2 Å². The third-order valence-electron chi connectivity index (χ3n) is 13.5. The third kappa shape index (κ3) is 12.8. The summed E-state index contributed by atoms with van der Waals surface area (Å²) < 4.78 is 21.4. The molecule has 11 nitrogen and oxygen atoms in total. The molecule has 1 amide bonds. The van der Waals surface area contributed by atoms with Gasteiger partial charge in [-0.3, -0.25) is 4.90 Å². The number of hydrogen-bond donors (Lipinski definition) is 2. The molecule has 5 aromatic carbocycles. The largest absolute Gasteiger partial charge is 0.508 e. The lowest BCUT2D eigenvalue weighted by Crippen LogP contribution is -2.36. The standard InChI is InChI=1S/C23H23FN4O.C20H23NO3.C15H17IN2/c1-14(23(2,3)4)15-5-8-19-16(11-15)6-9-20(25-19)21-13-28(27-26-21)17-7-10-22(29)18(24)12-17;1-13(20(2,3)4)14-5-8-16(9-6-14)21-12-15-7-10-17(22)11-18(15)24-19(21)23;1-10(2)11(3)15-17-13(9-14(16)18-15)12-7-5-4-6-8-12/h5-14,29H,1-4H3;5-11,13,22H,12H2,1-4H3;4-11H,1-3H3. The Kier molecular flexibility index (Phi) is 15.9. The zero-order chi connectivity index (χ0) is 51.4. The molecule has 3 aromatic heterocycles. The molecule has 0 spiro atoms. The van der Waals surface area contributed by atoms with Crippen LogP contribution in [0.25, 0.3) is 39.2 Å². The Hall–Kier alpha value is -6.74. The first-order chi connectivity index (χ1) is 33.5. The molecule has 0 radical (unpaired) electrons. The van der Waals surface area contributed by atoms with Gasteiger partial charge in [-0.25, -0.2) is 28.8 Å². The summed E-state index contributed by atoms with van der Waals surface area (Å²) in [7, 11) is 0. The molecule has 3 unspecified atom stereocenters. The normalized spacial score (nSPS) is 13.8. The fourth-order valence-electron chi connectivity index (χ4n) is 7.69. The van der Waals surface area contributed by atoms with E-state index in [0.29, 0.717) is 53.0 Å². The van der Waals surface area contributed by atoms with Gasteiger partial charge in [0.25, 0.3) is 0 Å². The van der Waals surface area contributed by atoms with E-state index in [-0.39, 0.29) is 16.6 Å². The van der Waals surface area contributed by atoms with Crippen molar-refractivity contribution in [2.24, 2.45) is 16.7 Å². The molecule has 0 fully saturated rings. The molecule has 9 rings (SSSR count). The summed E-state index contributed by atoms with van der Waals surface area (Å²) in [6.07, 6.45) is 1.26. The van der Waals surface area contributed by atoms with Gasteiger partial charge in [-0.1, -0.05) is 136 Å². The van der Waals surface area contributed by atoms with Crippen LogP contribution in [-0.4, -0.2) is 46.3 Å². The van der Waals surface area contributed by atoms with Gasteiger partial charge >= 0.3 is 6.09 Å². The fraction of sp³-hybridized carbons (Fsp3) is 0.310. The van der Waals surface area contributed by atoms with Crippen molar-refractivity contribution in [1.82, 2.24) is 29.9 Å². The number of aromatic hydroxyl groups is 2. The van der Waals surface area contributed by atoms with Crippen LogP contribution in [0.4, 0.5) is 14.9 Å². The average Bonchev–Trinajstić information content (AvgIpc) is 3.84. The molecule has 71 heavy (non-hydrogen) atoms. The number of halogens is 2. The zero-order valence-electron chi connectivity index (χ0n) is 42.3. The lowest BCUT2D eigenvalue weighted by molar-refractivity contribution is 0.202. The Morgan fingerprint density at radius 1 is 0.676 bits per heavy atom. The molecule has 4 heterocycles. The number of benzene rings is 5. The molecule has 1 aliphatic rings. The third-order valence-corrected chi connectivity index (χ3v) is 14.0. The molecule has 13 heteroatoms. The highest BCUT2D eigenvalue weighted by Gasteiger charge is 2.28. The van der Waals surface area contributed by atoms with E-state index >= 15 is 0 Å². The van der Waals surface area contributed by atoms with Gasteiger partial charge in [0, 0.05) is 40.3 Å². The summed E-state index contributed by atoms with van der Waals surface area (Å²) in [5, 5.41) is 28.1. The highest BCUT2D eigenvalue weighted by molar-refractivity contribution is 14.1. The van der Waals surface area contributed by atoms with Crippen LogP contribution in [0.15, 0.2) is 134 Å². The Bertz CT molecular complexity index is 3130. The van der Waals surface area contributed by atoms with Crippen molar-refractivity contribution >= 4 is 45.3 Å². The number of ether oxygens (including phenoxy) is 1. The second kappa shape index (κ2) is 21.7. The van der Waals surface area contributed by atoms with E-state index in [2.05, 4.69) is 150 Å². The molecule has 0 bridgehead atoms. The number of phenolic OH excluding ortho intramolecular Hbond substituents is 2. The Morgan fingerprint density at radius 2 is 1.34 bits per heavy atom. The number of hydrogen-bond acceptors (Lipinski definition) is 9. The van der Waals surface area contributed by atoms with Crippen molar-refractivity contribution in [3.8, 4) is 45.6 Å². The summed E-state index contributed by atoms with van der Waals surface area (Å²) >= 11 is 2.26. The minimum absolute atomic E-state index is 0.0931. The van der Waals surface area contributed by atoms with Crippen LogP contribution < -0.4 is 9.64 Å². The van der Waals surface area contributed by atoms with E-state index in [4.69, 9.17) is 14.7 Å². The number of anilines is 1. The predicted molar refractivity (Wildman–Crippen MR) is 290 cm³/mol. The fourth-order valence-corrected chi connectivity index (χ4v) is 8.23. The minimum Gasteiger partial charge on any atom is -0.508 e. The second-order valence-corrected chi connectivity index (χ2v) is 21.8. The number of pyridine rings is 1. The van der Waals surface area contributed by atoms with E-state index in [9.17, 15) is 19.4 Å². The molecular formula is C58H63FIN7O4. The highest BCUT2D eigenvalue weighted by Crippen LogP contribution is 2.38. The van der Waals surface area contributed by atoms with E-state index in [0.717, 1.165) is 42.9 Å².